The van der Waals surface area contributed by atoms with Crippen LogP contribution in [-0.4, -0.2) is 87.7 Å². The molecule has 268 valence electrons. The van der Waals surface area contributed by atoms with Crippen LogP contribution in [0.5, 0.6) is 5.75 Å². The lowest BCUT2D eigenvalue weighted by Crippen LogP contribution is -2.54. The predicted octanol–water partition coefficient (Wildman–Crippen LogP) is 5.56. The molecule has 5 aliphatic rings. The number of carbonyl (C=O) groups is 1. The maximum absolute atomic E-state index is 13.5. The summed E-state index contributed by atoms with van der Waals surface area (Å²) in [6.07, 6.45) is 7.66. The Balaban J connectivity index is 1.27. The third-order valence-corrected chi connectivity index (χ3v) is 14.8. The van der Waals surface area contributed by atoms with Crippen LogP contribution in [0.15, 0.2) is 36.4 Å². The zero-order valence-electron chi connectivity index (χ0n) is 29.0. The van der Waals surface area contributed by atoms with E-state index in [9.17, 15) is 18.3 Å². The lowest BCUT2D eigenvalue weighted by molar-refractivity contribution is -0.100. The van der Waals surface area contributed by atoms with Crippen molar-refractivity contribution in [3.05, 3.63) is 58.1 Å². The van der Waals surface area contributed by atoms with Crippen LogP contribution in [0.3, 0.4) is 0 Å². The molecule has 1 saturated carbocycles. The number of hydrogen-bond acceptors (Lipinski definition) is 8. The lowest BCUT2D eigenvalue weighted by atomic mass is 9.62. The number of aryl methyl sites for hydroxylation is 1. The molecule has 2 N–H and O–H groups in total. The topological polar surface area (TPSA) is 108 Å². The number of ether oxygens (including phenoxy) is 2. The molecular formula is C38H52ClN3O6S. The first-order chi connectivity index (χ1) is 23.5. The van der Waals surface area contributed by atoms with Crippen LogP contribution >= 0.6 is 11.6 Å². The van der Waals surface area contributed by atoms with Crippen LogP contribution in [-0.2, 0) is 26.6 Å². The minimum absolute atomic E-state index is 0.130. The van der Waals surface area contributed by atoms with Gasteiger partial charge in [0.25, 0.3) is 5.91 Å². The molecule has 0 unspecified atom stereocenters. The van der Waals surface area contributed by atoms with Gasteiger partial charge in [-0.3, -0.25) is 9.69 Å². The van der Waals surface area contributed by atoms with E-state index in [1.54, 1.807) is 13.0 Å². The van der Waals surface area contributed by atoms with Gasteiger partial charge in [-0.05, 0) is 118 Å². The molecule has 2 bridgehead atoms. The third-order valence-electron chi connectivity index (χ3n) is 12.6. The van der Waals surface area contributed by atoms with Crippen LogP contribution in [0.4, 0.5) is 5.69 Å². The van der Waals surface area contributed by atoms with E-state index in [2.05, 4.69) is 26.7 Å². The highest BCUT2D eigenvalue weighted by molar-refractivity contribution is 7.90. The molecule has 6 atom stereocenters. The number of hydrogen-bond donors (Lipinski definition) is 2. The average Bonchev–Trinajstić information content (AvgIpc) is 3.22. The quantitative estimate of drug-likeness (QED) is 0.426. The molecule has 2 fully saturated rings. The highest BCUT2D eigenvalue weighted by Gasteiger charge is 2.49. The van der Waals surface area contributed by atoms with Crippen LogP contribution in [0, 0.1) is 17.8 Å². The zero-order chi connectivity index (χ0) is 34.4. The van der Waals surface area contributed by atoms with Crippen molar-refractivity contribution in [2.24, 2.45) is 17.8 Å². The highest BCUT2D eigenvalue weighted by Crippen LogP contribution is 2.49. The van der Waals surface area contributed by atoms with Crippen molar-refractivity contribution in [1.29, 1.82) is 0 Å². The Morgan fingerprint density at radius 1 is 1.04 bits per heavy atom. The molecule has 1 spiro atoms. The van der Waals surface area contributed by atoms with Gasteiger partial charge in [-0.25, -0.2) is 13.1 Å². The molecule has 2 aromatic carbocycles. The monoisotopic (exact) mass is 713 g/mol. The summed E-state index contributed by atoms with van der Waals surface area (Å²) < 4.78 is 41.6. The van der Waals surface area contributed by atoms with E-state index < -0.39 is 26.8 Å². The van der Waals surface area contributed by atoms with Gasteiger partial charge in [-0.15, -0.1) is 0 Å². The van der Waals surface area contributed by atoms with E-state index in [4.69, 9.17) is 21.1 Å². The first kappa shape index (κ1) is 35.1. The molecule has 0 radical (unpaired) electrons. The molecule has 1 saturated heterocycles. The van der Waals surface area contributed by atoms with Gasteiger partial charge >= 0.3 is 0 Å². The molecular weight excluding hydrogens is 662 g/mol. The van der Waals surface area contributed by atoms with Crippen molar-refractivity contribution in [2.75, 3.05) is 57.4 Å². The number of rotatable bonds is 3. The molecule has 0 aromatic heterocycles. The molecule has 2 aromatic rings. The summed E-state index contributed by atoms with van der Waals surface area (Å²) in [5.41, 5.74) is 2.49. The Hall–Kier alpha value is -2.37. The van der Waals surface area contributed by atoms with Gasteiger partial charge in [0.2, 0.25) is 10.0 Å². The number of morpholine rings is 1. The summed E-state index contributed by atoms with van der Waals surface area (Å²) >= 11 is 6.46. The smallest absolute Gasteiger partial charge is 0.264 e. The molecule has 3 aliphatic heterocycles. The highest BCUT2D eigenvalue weighted by atomic mass is 35.5. The summed E-state index contributed by atoms with van der Waals surface area (Å²) in [6, 6.07) is 11.5. The van der Waals surface area contributed by atoms with Crippen molar-refractivity contribution < 1.29 is 27.8 Å². The van der Waals surface area contributed by atoms with Crippen molar-refractivity contribution in [3.63, 3.8) is 0 Å². The Bertz CT molecular complexity index is 1650. The molecule has 9 nitrogen and oxygen atoms in total. The van der Waals surface area contributed by atoms with E-state index in [-0.39, 0.29) is 23.2 Å². The number of halogens is 1. The Labute approximate surface area is 296 Å². The summed E-state index contributed by atoms with van der Waals surface area (Å²) in [5.74, 6) is 0.293. The second kappa shape index (κ2) is 14.0. The van der Waals surface area contributed by atoms with Crippen molar-refractivity contribution >= 4 is 33.2 Å². The summed E-state index contributed by atoms with van der Waals surface area (Å²) in [5, 5.41) is 12.6. The minimum Gasteiger partial charge on any atom is -0.490 e. The number of nitrogens with one attached hydrogen (secondary N) is 1. The van der Waals surface area contributed by atoms with Gasteiger partial charge in [0.15, 0.2) is 0 Å². The van der Waals surface area contributed by atoms with E-state index in [0.29, 0.717) is 43.7 Å². The fourth-order valence-electron chi connectivity index (χ4n) is 9.26. The zero-order valence-corrected chi connectivity index (χ0v) is 30.5. The van der Waals surface area contributed by atoms with E-state index >= 15 is 0 Å². The van der Waals surface area contributed by atoms with Crippen LogP contribution < -0.4 is 14.4 Å². The second-order valence-electron chi connectivity index (χ2n) is 15.6. The fraction of sp³-hybridized carbons (Fsp3) is 0.658. The van der Waals surface area contributed by atoms with Crippen molar-refractivity contribution in [3.8, 4) is 5.75 Å². The molecule has 49 heavy (non-hydrogen) atoms. The van der Waals surface area contributed by atoms with E-state index in [1.165, 1.54) is 11.1 Å². The SMILES string of the molecule is C[C@@H]1[C@@H](C)CCC[C@](O)(CCN2CCOCC2)[C@@H]2CC[C@H]2CN2C[C@@]3(CCCc4cc(Cl)ccc43)COc3ccc(cc32)C(=O)NS1(=O)=O. The van der Waals surface area contributed by atoms with Crippen molar-refractivity contribution in [1.82, 2.24) is 9.62 Å². The number of nitrogens with zero attached hydrogens (tertiary/aromatic N) is 2. The predicted molar refractivity (Wildman–Crippen MR) is 192 cm³/mol. The van der Waals surface area contributed by atoms with Crippen LogP contribution in [0.25, 0.3) is 0 Å². The number of aliphatic hydroxyl groups is 1. The molecule has 11 heteroatoms. The van der Waals surface area contributed by atoms with Crippen molar-refractivity contribution in [2.45, 2.75) is 87.9 Å². The van der Waals surface area contributed by atoms with Gasteiger partial charge in [-0.1, -0.05) is 31.0 Å². The number of amides is 1. The van der Waals surface area contributed by atoms with Gasteiger partial charge in [-0.2, -0.15) is 0 Å². The van der Waals surface area contributed by atoms with E-state index in [1.807, 2.05) is 25.1 Å². The number of fused-ring (bicyclic) bond motifs is 4. The maximum Gasteiger partial charge on any atom is 0.264 e. The number of sulfonamides is 1. The normalized spacial score (nSPS) is 33.7. The average molecular weight is 714 g/mol. The Morgan fingerprint density at radius 3 is 2.63 bits per heavy atom. The maximum atomic E-state index is 13.5. The number of benzene rings is 2. The summed E-state index contributed by atoms with van der Waals surface area (Å²) in [6.45, 7) is 9.55. The van der Waals surface area contributed by atoms with Gasteiger partial charge < -0.3 is 19.5 Å². The first-order valence-electron chi connectivity index (χ1n) is 18.4. The minimum atomic E-state index is -3.93. The molecule has 3 heterocycles. The van der Waals surface area contributed by atoms with Gasteiger partial charge in [0, 0.05) is 48.7 Å². The Kier molecular flexibility index (Phi) is 10.0. The molecule has 7 rings (SSSR count). The largest absolute Gasteiger partial charge is 0.490 e. The Morgan fingerprint density at radius 2 is 1.86 bits per heavy atom. The number of carbonyl (C=O) groups excluding carboxylic acids is 1. The third kappa shape index (κ3) is 7.10. The van der Waals surface area contributed by atoms with Crippen LogP contribution in [0.1, 0.15) is 86.7 Å². The summed E-state index contributed by atoms with van der Waals surface area (Å²) in [7, 11) is -3.93. The number of anilines is 1. The lowest BCUT2D eigenvalue weighted by Gasteiger charge is -2.51. The second-order valence-corrected chi connectivity index (χ2v) is 18.1. The molecule has 1 amide bonds. The van der Waals surface area contributed by atoms with Gasteiger partial charge in [0.05, 0.1) is 36.4 Å². The van der Waals surface area contributed by atoms with Crippen LogP contribution in [0.2, 0.25) is 5.02 Å². The fourth-order valence-corrected chi connectivity index (χ4v) is 10.8. The van der Waals surface area contributed by atoms with E-state index in [0.717, 1.165) is 88.6 Å². The molecule has 2 aliphatic carbocycles. The van der Waals surface area contributed by atoms with Gasteiger partial charge in [0.1, 0.15) is 5.75 Å². The first-order valence-corrected chi connectivity index (χ1v) is 20.3. The standard InChI is InChI=1S/C38H52ClN3O6S/c1-26-5-3-14-38(44,15-16-41-17-19-47-20-18-41)33-10-7-30(33)23-42-24-37(13-4-6-28-21-31(39)9-11-32(28)37)25-48-35-12-8-29(22-34(35)42)36(43)40-49(45,46)27(26)2/h8-9,11-12,21-22,26-27,30,33,44H,3-7,10,13-20,23-25H2,1-2H3,(H,40,43)/t26-,27+,30-,33+,37-,38-/m0/s1. The summed E-state index contributed by atoms with van der Waals surface area (Å²) in [4.78, 5) is 18.3.